The van der Waals surface area contributed by atoms with E-state index < -0.39 is 21.3 Å². The maximum Gasteiger partial charge on any atom is 0.332 e. The first-order valence-corrected chi connectivity index (χ1v) is 11.9. The summed E-state index contributed by atoms with van der Waals surface area (Å²) in [6, 6.07) is 8.26. The fourth-order valence-corrected chi connectivity index (χ4v) is 5.72. The maximum atomic E-state index is 13.1. The van der Waals surface area contributed by atoms with Crippen LogP contribution in [0.3, 0.4) is 0 Å². The Kier molecular flexibility index (Phi) is 5.71. The second-order valence-corrected chi connectivity index (χ2v) is 10.1. The van der Waals surface area contributed by atoms with Crippen LogP contribution in [0, 0.1) is 13.8 Å². The third kappa shape index (κ3) is 3.87. The summed E-state index contributed by atoms with van der Waals surface area (Å²) in [7, 11) is -0.800. The van der Waals surface area contributed by atoms with Gasteiger partial charge in [-0.15, -0.1) is 0 Å². The summed E-state index contributed by atoms with van der Waals surface area (Å²) < 4.78 is 29.9. The first-order chi connectivity index (χ1) is 15.5. The minimum atomic E-state index is -3.67. The van der Waals surface area contributed by atoms with Gasteiger partial charge in [0.05, 0.1) is 10.3 Å². The van der Waals surface area contributed by atoms with Crippen molar-refractivity contribution in [2.45, 2.75) is 18.7 Å². The number of piperazine rings is 1. The van der Waals surface area contributed by atoms with Crippen LogP contribution < -0.4 is 11.2 Å². The van der Waals surface area contributed by atoms with E-state index in [1.54, 1.807) is 19.1 Å². The minimum Gasteiger partial charge on any atom is -0.335 e. The Morgan fingerprint density at radius 1 is 0.939 bits per heavy atom. The van der Waals surface area contributed by atoms with Crippen LogP contribution in [-0.4, -0.2) is 63.8 Å². The highest BCUT2D eigenvalue weighted by atomic mass is 32.2. The van der Waals surface area contributed by atoms with Crippen molar-refractivity contribution < 1.29 is 13.2 Å². The third-order valence-corrected chi connectivity index (χ3v) is 8.05. The number of aromatic nitrogens is 3. The van der Waals surface area contributed by atoms with Crippen LogP contribution in [0.1, 0.15) is 21.6 Å². The molecule has 3 aromatic rings. The van der Waals surface area contributed by atoms with Gasteiger partial charge in [-0.2, -0.15) is 4.31 Å². The molecule has 0 radical (unpaired) electrons. The molecule has 0 N–H and O–H groups in total. The largest absolute Gasteiger partial charge is 0.335 e. The number of benzene rings is 1. The Morgan fingerprint density at radius 2 is 1.61 bits per heavy atom. The smallest absolute Gasteiger partial charge is 0.332 e. The number of carbonyl (C=O) groups is 1. The van der Waals surface area contributed by atoms with Crippen molar-refractivity contribution in [3.05, 3.63) is 68.0 Å². The van der Waals surface area contributed by atoms with E-state index >= 15 is 0 Å². The van der Waals surface area contributed by atoms with E-state index in [1.807, 2.05) is 13.0 Å². The first kappa shape index (κ1) is 22.9. The Balaban J connectivity index is 1.56. The zero-order valence-corrected chi connectivity index (χ0v) is 19.7. The third-order valence-electron chi connectivity index (χ3n) is 6.01. The Bertz CT molecular complexity index is 1500. The molecular weight excluding hydrogens is 446 g/mol. The number of fused-ring (bicyclic) bond motifs is 1. The monoisotopic (exact) mass is 471 g/mol. The van der Waals surface area contributed by atoms with E-state index in [9.17, 15) is 22.8 Å². The van der Waals surface area contributed by atoms with Gasteiger partial charge >= 0.3 is 5.69 Å². The molecule has 4 rings (SSSR count). The van der Waals surface area contributed by atoms with Crippen molar-refractivity contribution >= 4 is 27.0 Å². The van der Waals surface area contributed by atoms with E-state index in [2.05, 4.69) is 4.98 Å². The second-order valence-electron chi connectivity index (χ2n) is 8.24. The van der Waals surface area contributed by atoms with Gasteiger partial charge in [-0.1, -0.05) is 12.1 Å². The SMILES string of the molecule is Cc1ccc(C)c(S(=O)(=O)N2CCN(C(=O)c3ccc4c(=O)n(C)c(=O)n(C)c4n3)CC2)c1. The number of nitrogens with zero attached hydrogens (tertiary/aromatic N) is 5. The van der Waals surface area contributed by atoms with Gasteiger partial charge in [-0.25, -0.2) is 18.2 Å². The lowest BCUT2D eigenvalue weighted by molar-refractivity contribution is 0.0692. The average Bonchev–Trinajstić information content (AvgIpc) is 2.82. The summed E-state index contributed by atoms with van der Waals surface area (Å²) in [6.45, 7) is 4.34. The number of rotatable bonds is 3. The molecule has 1 amide bonds. The van der Waals surface area contributed by atoms with Crippen LogP contribution in [-0.2, 0) is 24.1 Å². The van der Waals surface area contributed by atoms with Gasteiger partial charge in [0, 0.05) is 40.3 Å². The molecule has 0 aliphatic carbocycles. The molecule has 0 saturated carbocycles. The molecule has 0 bridgehead atoms. The number of sulfonamides is 1. The molecule has 3 heterocycles. The summed E-state index contributed by atoms with van der Waals surface area (Å²) >= 11 is 0. The van der Waals surface area contributed by atoms with E-state index in [4.69, 9.17) is 0 Å². The summed E-state index contributed by atoms with van der Waals surface area (Å²) in [6.07, 6.45) is 0. The molecule has 11 heteroatoms. The number of aryl methyl sites for hydroxylation is 3. The topological polar surface area (TPSA) is 115 Å². The molecule has 0 unspecified atom stereocenters. The molecule has 2 aromatic heterocycles. The van der Waals surface area contributed by atoms with Crippen LogP contribution in [0.5, 0.6) is 0 Å². The molecule has 174 valence electrons. The van der Waals surface area contributed by atoms with Gasteiger partial charge in [-0.3, -0.25) is 18.7 Å². The van der Waals surface area contributed by atoms with Gasteiger partial charge in [0.25, 0.3) is 11.5 Å². The molecule has 1 aromatic carbocycles. The van der Waals surface area contributed by atoms with Crippen molar-refractivity contribution in [2.75, 3.05) is 26.2 Å². The number of hydrogen-bond donors (Lipinski definition) is 0. The van der Waals surface area contributed by atoms with E-state index in [0.29, 0.717) is 5.56 Å². The fourth-order valence-electron chi connectivity index (χ4n) is 3.99. The summed E-state index contributed by atoms with van der Waals surface area (Å²) in [5.74, 6) is -0.381. The van der Waals surface area contributed by atoms with Crippen LogP contribution in [0.2, 0.25) is 0 Å². The number of pyridine rings is 1. The van der Waals surface area contributed by atoms with Gasteiger partial charge in [-0.05, 0) is 43.2 Å². The van der Waals surface area contributed by atoms with E-state index in [0.717, 1.165) is 10.1 Å². The lowest BCUT2D eigenvalue weighted by atomic mass is 10.2. The lowest BCUT2D eigenvalue weighted by Crippen LogP contribution is -2.50. The molecule has 0 spiro atoms. The molecule has 10 nitrogen and oxygen atoms in total. The molecule has 1 fully saturated rings. The highest BCUT2D eigenvalue weighted by Crippen LogP contribution is 2.23. The summed E-state index contributed by atoms with van der Waals surface area (Å²) in [5, 5.41) is 0.237. The molecule has 1 aliphatic rings. The number of amides is 1. The minimum absolute atomic E-state index is 0.0941. The predicted octanol–water partition coefficient (Wildman–Crippen LogP) is 0.396. The Morgan fingerprint density at radius 3 is 2.27 bits per heavy atom. The number of carbonyl (C=O) groups excluding carboxylic acids is 1. The van der Waals surface area contributed by atoms with Crippen molar-refractivity contribution in [1.29, 1.82) is 0 Å². The highest BCUT2D eigenvalue weighted by Gasteiger charge is 2.32. The first-order valence-electron chi connectivity index (χ1n) is 10.5. The highest BCUT2D eigenvalue weighted by molar-refractivity contribution is 7.89. The van der Waals surface area contributed by atoms with Crippen LogP contribution >= 0.6 is 0 Å². The lowest BCUT2D eigenvalue weighted by Gasteiger charge is -2.34. The number of hydrogen-bond acceptors (Lipinski definition) is 6. The zero-order chi connectivity index (χ0) is 24.1. The van der Waals surface area contributed by atoms with Gasteiger partial charge < -0.3 is 4.90 Å². The summed E-state index contributed by atoms with van der Waals surface area (Å²) in [5.41, 5.74) is 0.747. The van der Waals surface area contributed by atoms with E-state index in [1.165, 1.54) is 40.0 Å². The quantitative estimate of drug-likeness (QED) is 0.546. The van der Waals surface area contributed by atoms with Crippen molar-refractivity contribution in [3.8, 4) is 0 Å². The predicted molar refractivity (Wildman–Crippen MR) is 123 cm³/mol. The Labute approximate surface area is 190 Å². The standard InChI is InChI=1S/C22H25N5O5S/c1-14-5-6-15(2)18(13-14)33(31,32)27-11-9-26(10-12-27)21(29)17-8-7-16-19(23-17)24(3)22(30)25(4)20(16)28/h5-8,13H,9-12H2,1-4H3. The molecule has 0 atom stereocenters. The Hall–Kier alpha value is -3.31. The van der Waals surface area contributed by atoms with Crippen molar-refractivity contribution in [3.63, 3.8) is 0 Å². The molecule has 1 aliphatic heterocycles. The summed E-state index contributed by atoms with van der Waals surface area (Å²) in [4.78, 5) is 43.7. The van der Waals surface area contributed by atoms with Crippen molar-refractivity contribution in [2.24, 2.45) is 14.1 Å². The average molecular weight is 472 g/mol. The van der Waals surface area contributed by atoms with Gasteiger partial charge in [0.2, 0.25) is 10.0 Å². The normalized spacial score (nSPS) is 15.2. The molecular formula is C22H25N5O5S. The van der Waals surface area contributed by atoms with Crippen LogP contribution in [0.15, 0.2) is 44.8 Å². The maximum absolute atomic E-state index is 13.1. The fraction of sp³-hybridized carbons (Fsp3) is 0.364. The van der Waals surface area contributed by atoms with Crippen LogP contribution in [0.4, 0.5) is 0 Å². The van der Waals surface area contributed by atoms with Crippen molar-refractivity contribution in [1.82, 2.24) is 23.3 Å². The molecule has 1 saturated heterocycles. The van der Waals surface area contributed by atoms with Crippen LogP contribution in [0.25, 0.3) is 11.0 Å². The van der Waals surface area contributed by atoms with E-state index in [-0.39, 0.29) is 53.7 Å². The molecule has 33 heavy (non-hydrogen) atoms. The second kappa shape index (κ2) is 8.23. The van der Waals surface area contributed by atoms with Gasteiger partial charge in [0.1, 0.15) is 11.3 Å². The zero-order valence-electron chi connectivity index (χ0n) is 18.9. The van der Waals surface area contributed by atoms with Gasteiger partial charge in [0.15, 0.2) is 0 Å².